The molecule has 80 heavy (non-hydrogen) atoms. The summed E-state index contributed by atoms with van der Waals surface area (Å²) in [5.41, 5.74) is 0. The lowest BCUT2D eigenvalue weighted by atomic mass is 10.0. The molecule has 1 atom stereocenters. The highest BCUT2D eigenvalue weighted by Gasteiger charge is 2.19. The third-order valence-electron chi connectivity index (χ3n) is 14.2. The van der Waals surface area contributed by atoms with E-state index >= 15 is 0 Å². The van der Waals surface area contributed by atoms with Gasteiger partial charge in [0.25, 0.3) is 0 Å². The third-order valence-corrected chi connectivity index (χ3v) is 14.2. The summed E-state index contributed by atoms with van der Waals surface area (Å²) in [6.07, 6.45) is 93.9. The Morgan fingerprint density at radius 2 is 0.487 bits per heavy atom. The van der Waals surface area contributed by atoms with Gasteiger partial charge in [0.05, 0.1) is 0 Å². The maximum atomic E-state index is 12.9. The second kappa shape index (κ2) is 67.3. The summed E-state index contributed by atoms with van der Waals surface area (Å²) in [5, 5.41) is 0. The first kappa shape index (κ1) is 75.8. The van der Waals surface area contributed by atoms with Gasteiger partial charge in [-0.15, -0.1) is 0 Å². The Labute approximate surface area is 494 Å². The van der Waals surface area contributed by atoms with E-state index in [9.17, 15) is 14.4 Å². The molecule has 456 valence electrons. The van der Waals surface area contributed by atoms with Crippen LogP contribution in [0, 0.1) is 0 Å². The highest BCUT2D eigenvalue weighted by Crippen LogP contribution is 2.16. The Bertz CT molecular complexity index is 1650. The van der Waals surface area contributed by atoms with Crippen LogP contribution in [0.3, 0.4) is 0 Å². The monoisotopic (exact) mass is 1110 g/mol. The van der Waals surface area contributed by atoms with Crippen molar-refractivity contribution in [3.8, 4) is 0 Å². The lowest BCUT2D eigenvalue weighted by Crippen LogP contribution is -2.30. The van der Waals surface area contributed by atoms with Crippen LogP contribution in [0.4, 0.5) is 0 Å². The second-order valence-corrected chi connectivity index (χ2v) is 22.0. The van der Waals surface area contributed by atoms with E-state index in [0.29, 0.717) is 19.3 Å². The number of esters is 3. The third kappa shape index (κ3) is 64.6. The molecule has 0 aliphatic heterocycles. The van der Waals surface area contributed by atoms with Gasteiger partial charge < -0.3 is 14.2 Å². The summed E-state index contributed by atoms with van der Waals surface area (Å²) < 4.78 is 16.8. The van der Waals surface area contributed by atoms with Crippen molar-refractivity contribution in [2.45, 2.75) is 316 Å². The topological polar surface area (TPSA) is 78.9 Å². The molecular weight excluding hydrogens is 985 g/mol. The summed E-state index contributed by atoms with van der Waals surface area (Å²) in [7, 11) is 0. The predicted octanol–water partition coefficient (Wildman–Crippen LogP) is 23.2. The van der Waals surface area contributed by atoms with Gasteiger partial charge in [0, 0.05) is 19.3 Å². The molecule has 0 bridgehead atoms. The van der Waals surface area contributed by atoms with Gasteiger partial charge in [-0.25, -0.2) is 0 Å². The van der Waals surface area contributed by atoms with Crippen LogP contribution < -0.4 is 0 Å². The number of ether oxygens (including phenoxy) is 3. The number of carbonyl (C=O) groups is 3. The molecule has 0 spiro atoms. The van der Waals surface area contributed by atoms with Gasteiger partial charge >= 0.3 is 17.9 Å². The molecule has 0 aromatic rings. The zero-order valence-corrected chi connectivity index (χ0v) is 52.3. The van der Waals surface area contributed by atoms with Crippen LogP contribution in [0.5, 0.6) is 0 Å². The van der Waals surface area contributed by atoms with E-state index in [2.05, 4.69) is 142 Å². The normalized spacial score (nSPS) is 12.9. The first-order valence-corrected chi connectivity index (χ1v) is 33.5. The van der Waals surface area contributed by atoms with E-state index in [-0.39, 0.29) is 31.1 Å². The quantitative estimate of drug-likeness (QED) is 0.0261. The molecule has 0 fully saturated rings. The largest absolute Gasteiger partial charge is 0.462 e. The van der Waals surface area contributed by atoms with E-state index in [1.54, 1.807) is 0 Å². The van der Waals surface area contributed by atoms with Crippen LogP contribution in [-0.2, 0) is 28.6 Å². The van der Waals surface area contributed by atoms with Crippen LogP contribution in [0.15, 0.2) is 122 Å². The van der Waals surface area contributed by atoms with Crippen molar-refractivity contribution in [1.82, 2.24) is 0 Å². The van der Waals surface area contributed by atoms with Crippen molar-refractivity contribution >= 4 is 17.9 Å². The minimum Gasteiger partial charge on any atom is -0.462 e. The molecule has 6 heteroatoms. The van der Waals surface area contributed by atoms with Crippen molar-refractivity contribution in [1.29, 1.82) is 0 Å². The van der Waals surface area contributed by atoms with Crippen molar-refractivity contribution in [3.63, 3.8) is 0 Å². The molecule has 0 saturated carbocycles. The molecule has 1 unspecified atom stereocenters. The number of carbonyl (C=O) groups excluding carboxylic acids is 3. The van der Waals surface area contributed by atoms with Crippen molar-refractivity contribution in [3.05, 3.63) is 122 Å². The van der Waals surface area contributed by atoms with E-state index in [4.69, 9.17) is 14.2 Å². The molecule has 0 N–H and O–H groups in total. The van der Waals surface area contributed by atoms with Gasteiger partial charge in [0.2, 0.25) is 0 Å². The Hall–Kier alpha value is -4.19. The summed E-state index contributed by atoms with van der Waals surface area (Å²) in [6, 6.07) is 0. The average Bonchev–Trinajstić information content (AvgIpc) is 3.46. The van der Waals surface area contributed by atoms with Crippen LogP contribution in [0.2, 0.25) is 0 Å². The zero-order chi connectivity index (χ0) is 57.8. The van der Waals surface area contributed by atoms with Crippen LogP contribution in [0.1, 0.15) is 310 Å². The summed E-state index contributed by atoms with van der Waals surface area (Å²) in [4.78, 5) is 38.1. The fourth-order valence-corrected chi connectivity index (χ4v) is 9.20. The molecule has 0 aromatic heterocycles. The van der Waals surface area contributed by atoms with Gasteiger partial charge in [-0.1, -0.05) is 296 Å². The van der Waals surface area contributed by atoms with Crippen molar-refractivity contribution in [2.24, 2.45) is 0 Å². The van der Waals surface area contributed by atoms with E-state index in [0.717, 1.165) is 122 Å². The van der Waals surface area contributed by atoms with Gasteiger partial charge in [-0.05, 0) is 116 Å². The van der Waals surface area contributed by atoms with Crippen molar-refractivity contribution < 1.29 is 28.6 Å². The van der Waals surface area contributed by atoms with Crippen LogP contribution >= 0.6 is 0 Å². The fraction of sp³-hybridized carbons (Fsp3) is 0.689. The highest BCUT2D eigenvalue weighted by atomic mass is 16.6. The summed E-state index contributed by atoms with van der Waals surface area (Å²) in [6.45, 7) is 6.46. The summed E-state index contributed by atoms with van der Waals surface area (Å²) >= 11 is 0. The zero-order valence-electron chi connectivity index (χ0n) is 52.3. The van der Waals surface area contributed by atoms with Gasteiger partial charge in [-0.3, -0.25) is 14.4 Å². The minimum atomic E-state index is -0.783. The molecule has 0 radical (unpaired) electrons. The van der Waals surface area contributed by atoms with Gasteiger partial charge in [0.1, 0.15) is 13.2 Å². The smallest absolute Gasteiger partial charge is 0.306 e. The number of hydrogen-bond acceptors (Lipinski definition) is 6. The minimum absolute atomic E-state index is 0.0819. The number of rotatable bonds is 60. The molecule has 0 aliphatic carbocycles. The Morgan fingerprint density at radius 3 is 0.762 bits per heavy atom. The molecule has 6 nitrogen and oxygen atoms in total. The van der Waals surface area contributed by atoms with Gasteiger partial charge in [0.15, 0.2) is 6.10 Å². The van der Waals surface area contributed by atoms with E-state index in [1.165, 1.54) is 148 Å². The number of hydrogen-bond donors (Lipinski definition) is 0. The SMILES string of the molecule is CC/C=C\C/C=C\C/C=C\C/C=C\C/C=C\C/C=C\C/C=C\CCCCCCCCCCCCCC(=O)OCC(COC(=O)CCCCCCCC)OC(=O)CCCCCCCCCC/C=C\C/C=C\C/C=C\CCCCCCC. The highest BCUT2D eigenvalue weighted by molar-refractivity contribution is 5.71. The first-order chi connectivity index (χ1) is 39.5. The summed E-state index contributed by atoms with van der Waals surface area (Å²) in [5.74, 6) is -0.896. The molecule has 0 amide bonds. The number of allylic oxidation sites excluding steroid dienone is 20. The second-order valence-electron chi connectivity index (χ2n) is 22.0. The Kier molecular flexibility index (Phi) is 63.8. The molecule has 0 heterocycles. The Balaban J connectivity index is 4.09. The molecule has 0 saturated heterocycles. The lowest BCUT2D eigenvalue weighted by Gasteiger charge is -2.18. The number of unbranched alkanes of at least 4 members (excludes halogenated alkanes) is 29. The van der Waals surface area contributed by atoms with Gasteiger partial charge in [-0.2, -0.15) is 0 Å². The van der Waals surface area contributed by atoms with E-state index < -0.39 is 6.10 Å². The molecule has 0 rings (SSSR count). The average molecular weight is 1110 g/mol. The Morgan fingerprint density at radius 1 is 0.263 bits per heavy atom. The maximum Gasteiger partial charge on any atom is 0.306 e. The molecular formula is C74H124O6. The lowest BCUT2D eigenvalue weighted by molar-refractivity contribution is -0.167. The maximum absolute atomic E-state index is 12.9. The first-order valence-electron chi connectivity index (χ1n) is 33.5. The van der Waals surface area contributed by atoms with E-state index in [1.807, 2.05) is 0 Å². The standard InChI is InChI=1S/C74H124O6/c1-4-7-10-13-16-18-20-22-24-26-28-30-32-33-34-35-36-37-38-39-40-41-43-44-46-48-50-52-54-56-58-61-64-67-73(76)79-70-71(69-78-72(75)66-63-60-15-12-9-6-3)80-74(77)68-65-62-59-57-55-53-51-49-47-45-42-31-29-27-25-23-21-19-17-14-11-8-5-2/h7,10,16,18,21-24,27-30,33-34,36-37,39-40,42,45,71H,4-6,8-9,11-15,17,19-20,25-26,31-32,35,38,41,43-44,46-70H2,1-3H3/b10-7-,18-16-,23-21-,24-22-,29-27-,30-28-,34-33-,37-36-,40-39-,45-42-. The van der Waals surface area contributed by atoms with Crippen molar-refractivity contribution in [2.75, 3.05) is 13.2 Å². The van der Waals surface area contributed by atoms with Crippen LogP contribution in [0.25, 0.3) is 0 Å². The molecule has 0 aromatic carbocycles. The molecule has 0 aliphatic rings. The predicted molar refractivity (Wildman–Crippen MR) is 348 cm³/mol. The van der Waals surface area contributed by atoms with Crippen LogP contribution in [-0.4, -0.2) is 37.2 Å². The fourth-order valence-electron chi connectivity index (χ4n) is 9.20.